The molecule has 2 N–H and O–H groups in total. The Morgan fingerprint density at radius 2 is 1.79 bits per heavy atom. The largest absolute Gasteiger partial charge is 0.310 e. The minimum Gasteiger partial charge on any atom is -0.310 e. The van der Waals surface area contributed by atoms with Crippen LogP contribution in [0.25, 0.3) is 11.0 Å². The maximum absolute atomic E-state index is 12.3. The fraction of sp³-hybridized carbons (Fsp3) is 0.353. The van der Waals surface area contributed by atoms with Gasteiger partial charge in [0, 0.05) is 5.25 Å². The average Bonchev–Trinajstić information content (AvgIpc) is 3.22. The lowest BCUT2D eigenvalue weighted by atomic mass is 10.2. The van der Waals surface area contributed by atoms with Crippen LogP contribution >= 0.6 is 11.8 Å². The molecule has 1 aliphatic rings. The molecule has 0 amide bonds. The summed E-state index contributed by atoms with van der Waals surface area (Å²) in [5.41, 5.74) is 0.971. The number of imidazole rings is 1. The highest BCUT2D eigenvalue weighted by molar-refractivity contribution is 7.99. The smallest absolute Gasteiger partial charge is 0.290 e. The van der Waals surface area contributed by atoms with Crippen molar-refractivity contribution in [3.05, 3.63) is 56.6 Å². The van der Waals surface area contributed by atoms with Crippen molar-refractivity contribution in [2.45, 2.75) is 42.6 Å². The van der Waals surface area contributed by atoms with Crippen molar-refractivity contribution in [2.24, 2.45) is 0 Å². The van der Waals surface area contributed by atoms with Crippen molar-refractivity contribution in [3.8, 4) is 0 Å². The second-order valence-corrected chi connectivity index (χ2v) is 7.36. The zero-order chi connectivity index (χ0) is 16.5. The molecule has 124 valence electrons. The van der Waals surface area contributed by atoms with Gasteiger partial charge in [0.1, 0.15) is 5.52 Å². The van der Waals surface area contributed by atoms with Crippen molar-refractivity contribution in [1.29, 1.82) is 0 Å². The maximum Gasteiger partial charge on any atom is 0.290 e. The van der Waals surface area contributed by atoms with E-state index in [1.165, 1.54) is 12.8 Å². The van der Waals surface area contributed by atoms with Gasteiger partial charge in [-0.1, -0.05) is 54.9 Å². The molecule has 0 unspecified atom stereocenters. The summed E-state index contributed by atoms with van der Waals surface area (Å²) in [7, 11) is 0. The lowest BCUT2D eigenvalue weighted by molar-refractivity contribution is 0.722. The van der Waals surface area contributed by atoms with Crippen molar-refractivity contribution in [1.82, 2.24) is 19.7 Å². The maximum atomic E-state index is 12.3. The van der Waals surface area contributed by atoms with Crippen LogP contribution in [0.5, 0.6) is 0 Å². The van der Waals surface area contributed by atoms with Crippen LogP contribution in [0.1, 0.15) is 31.2 Å². The van der Waals surface area contributed by atoms with Gasteiger partial charge in [-0.25, -0.2) is 4.98 Å². The van der Waals surface area contributed by atoms with Crippen molar-refractivity contribution in [2.75, 3.05) is 0 Å². The van der Waals surface area contributed by atoms with E-state index < -0.39 is 0 Å². The predicted molar refractivity (Wildman–Crippen MR) is 94.6 cm³/mol. The van der Waals surface area contributed by atoms with E-state index >= 15 is 0 Å². The van der Waals surface area contributed by atoms with E-state index in [1.807, 2.05) is 34.9 Å². The Kier molecular flexibility index (Phi) is 4.02. The van der Waals surface area contributed by atoms with Crippen molar-refractivity contribution < 1.29 is 0 Å². The standard InChI is InChI=1S/C17H18N4O2S/c22-15-13-14(16(23)20-19-15)21(10-11-6-2-1-3-7-11)17(18-13)24-12-8-4-5-9-12/h1-3,6-7,12H,4-5,8-10H2,(H,19,22)(H,20,23). The van der Waals surface area contributed by atoms with Crippen molar-refractivity contribution in [3.63, 3.8) is 0 Å². The molecule has 1 fully saturated rings. The molecule has 0 bridgehead atoms. The molecular formula is C17H18N4O2S. The lowest BCUT2D eigenvalue weighted by Gasteiger charge is -2.11. The van der Waals surface area contributed by atoms with Gasteiger partial charge in [-0.15, -0.1) is 0 Å². The number of aromatic nitrogens is 4. The molecule has 0 spiro atoms. The molecule has 7 heteroatoms. The summed E-state index contributed by atoms with van der Waals surface area (Å²) in [5.74, 6) is 0. The SMILES string of the molecule is O=c1[nH][nH]c(=O)c2c1nc(SC1CCCC1)n2Cc1ccccc1. The fourth-order valence-electron chi connectivity index (χ4n) is 3.21. The second kappa shape index (κ2) is 6.32. The molecule has 2 heterocycles. The zero-order valence-corrected chi connectivity index (χ0v) is 13.9. The van der Waals surface area contributed by atoms with E-state index in [4.69, 9.17) is 0 Å². The second-order valence-electron chi connectivity index (χ2n) is 6.10. The summed E-state index contributed by atoms with van der Waals surface area (Å²) < 4.78 is 1.88. The Labute approximate surface area is 142 Å². The first-order valence-corrected chi connectivity index (χ1v) is 9.02. The summed E-state index contributed by atoms with van der Waals surface area (Å²) >= 11 is 1.69. The van der Waals surface area contributed by atoms with Gasteiger partial charge in [0.2, 0.25) is 0 Å². The van der Waals surface area contributed by atoms with Crippen molar-refractivity contribution >= 4 is 22.8 Å². The molecule has 1 saturated carbocycles. The van der Waals surface area contributed by atoms with Gasteiger partial charge in [0.05, 0.1) is 6.54 Å². The summed E-state index contributed by atoms with van der Waals surface area (Å²) in [6, 6.07) is 9.92. The number of H-pyrrole nitrogens is 2. The van der Waals surface area contributed by atoms with Crippen LogP contribution in [0.15, 0.2) is 45.1 Å². The van der Waals surface area contributed by atoms with Gasteiger partial charge in [-0.3, -0.25) is 19.8 Å². The molecule has 2 aromatic heterocycles. The molecule has 3 aromatic rings. The Hall–Kier alpha value is -2.28. The third kappa shape index (κ3) is 2.80. The zero-order valence-electron chi connectivity index (χ0n) is 13.1. The van der Waals surface area contributed by atoms with E-state index in [9.17, 15) is 9.59 Å². The highest BCUT2D eigenvalue weighted by Gasteiger charge is 2.22. The minimum atomic E-state index is -0.357. The Balaban J connectivity index is 1.85. The molecular weight excluding hydrogens is 324 g/mol. The number of rotatable bonds is 4. The van der Waals surface area contributed by atoms with Crippen LogP contribution in [-0.2, 0) is 6.54 Å². The summed E-state index contributed by atoms with van der Waals surface area (Å²) in [6.45, 7) is 0.527. The van der Waals surface area contributed by atoms with Crippen LogP contribution < -0.4 is 11.1 Å². The van der Waals surface area contributed by atoms with Gasteiger partial charge >= 0.3 is 0 Å². The molecule has 6 nitrogen and oxygen atoms in total. The highest BCUT2D eigenvalue weighted by atomic mass is 32.2. The fourth-order valence-corrected chi connectivity index (χ4v) is 4.50. The minimum absolute atomic E-state index is 0.218. The van der Waals surface area contributed by atoms with E-state index in [0.29, 0.717) is 17.3 Å². The normalized spacial score (nSPS) is 15.3. The van der Waals surface area contributed by atoms with Crippen LogP contribution in [0.3, 0.4) is 0 Å². The number of benzene rings is 1. The first kappa shape index (κ1) is 15.3. The summed E-state index contributed by atoms with van der Waals surface area (Å²) in [4.78, 5) is 28.9. The average molecular weight is 342 g/mol. The quantitative estimate of drug-likeness (QED) is 0.763. The van der Waals surface area contributed by atoms with E-state index in [-0.39, 0.29) is 16.6 Å². The summed E-state index contributed by atoms with van der Waals surface area (Å²) in [6.07, 6.45) is 4.79. The van der Waals surface area contributed by atoms with Gasteiger partial charge in [0.25, 0.3) is 11.1 Å². The Morgan fingerprint density at radius 1 is 1.08 bits per heavy atom. The molecule has 0 radical (unpaired) electrons. The number of aromatic amines is 2. The van der Waals surface area contributed by atoms with Crippen LogP contribution in [0, 0.1) is 0 Å². The number of hydrogen-bond acceptors (Lipinski definition) is 4. The monoisotopic (exact) mass is 342 g/mol. The molecule has 0 atom stereocenters. The first-order chi connectivity index (χ1) is 11.7. The third-order valence-corrected chi connectivity index (χ3v) is 5.74. The molecule has 1 aromatic carbocycles. The molecule has 1 aliphatic carbocycles. The van der Waals surface area contributed by atoms with Crippen LogP contribution in [-0.4, -0.2) is 25.0 Å². The van der Waals surface area contributed by atoms with E-state index in [1.54, 1.807) is 11.8 Å². The topological polar surface area (TPSA) is 83.5 Å². The molecule has 0 saturated heterocycles. The Morgan fingerprint density at radius 3 is 2.54 bits per heavy atom. The van der Waals surface area contributed by atoms with Crippen LogP contribution in [0.4, 0.5) is 0 Å². The van der Waals surface area contributed by atoms with Gasteiger partial charge < -0.3 is 4.57 Å². The number of hydrogen-bond donors (Lipinski definition) is 2. The first-order valence-electron chi connectivity index (χ1n) is 8.14. The van der Waals surface area contributed by atoms with E-state index in [0.717, 1.165) is 23.6 Å². The summed E-state index contributed by atoms with van der Waals surface area (Å²) in [5, 5.41) is 6.04. The van der Waals surface area contributed by atoms with Crippen LogP contribution in [0.2, 0.25) is 0 Å². The number of nitrogens with one attached hydrogen (secondary N) is 2. The number of fused-ring (bicyclic) bond motifs is 1. The number of nitrogens with zero attached hydrogens (tertiary/aromatic N) is 2. The lowest BCUT2D eigenvalue weighted by Crippen LogP contribution is -2.21. The molecule has 4 rings (SSSR count). The molecule has 0 aliphatic heterocycles. The third-order valence-electron chi connectivity index (χ3n) is 4.41. The predicted octanol–water partition coefficient (Wildman–Crippen LogP) is 2.50. The Bertz CT molecular complexity index is 968. The molecule has 24 heavy (non-hydrogen) atoms. The highest BCUT2D eigenvalue weighted by Crippen LogP contribution is 2.35. The van der Waals surface area contributed by atoms with Gasteiger partial charge in [0.15, 0.2) is 10.7 Å². The van der Waals surface area contributed by atoms with Gasteiger partial charge in [-0.05, 0) is 18.4 Å². The van der Waals surface area contributed by atoms with E-state index in [2.05, 4.69) is 15.2 Å². The number of thioether (sulfide) groups is 1. The van der Waals surface area contributed by atoms with Gasteiger partial charge in [-0.2, -0.15) is 0 Å².